The van der Waals surface area contributed by atoms with Gasteiger partial charge in [-0.15, -0.1) is 23.1 Å². The molecule has 4 heteroatoms. The summed E-state index contributed by atoms with van der Waals surface area (Å²) in [5.74, 6) is 0.505. The Morgan fingerprint density at radius 2 is 2.21 bits per heavy atom. The van der Waals surface area contributed by atoms with Crippen molar-refractivity contribution in [3.05, 3.63) is 17.5 Å². The van der Waals surface area contributed by atoms with Crippen molar-refractivity contribution < 1.29 is 9.90 Å². The number of carboxylic acids is 1. The first-order chi connectivity index (χ1) is 6.70. The van der Waals surface area contributed by atoms with Crippen LogP contribution in [0.1, 0.15) is 26.7 Å². The first-order valence-electron chi connectivity index (χ1n) is 4.58. The van der Waals surface area contributed by atoms with Crippen molar-refractivity contribution in [2.75, 3.05) is 5.75 Å². The van der Waals surface area contributed by atoms with Gasteiger partial charge in [0, 0.05) is 6.42 Å². The van der Waals surface area contributed by atoms with Crippen LogP contribution in [0, 0.1) is 0 Å². The first kappa shape index (κ1) is 13.5. The minimum atomic E-state index is -0.745. The highest BCUT2D eigenvalue weighted by atomic mass is 32.2. The number of carboxylic acid groups (broad SMARTS) is 1. The molecular formula is C10H16O2S2. The Balaban J connectivity index is 0.000000292. The number of thiophene rings is 1. The second-order valence-electron chi connectivity index (χ2n) is 2.53. The molecule has 0 aliphatic heterocycles. The fourth-order valence-electron chi connectivity index (χ4n) is 0.548. The lowest BCUT2D eigenvalue weighted by Gasteiger charge is -1.90. The predicted octanol–water partition coefficient (Wildman–Crippen LogP) is 3.73. The van der Waals surface area contributed by atoms with E-state index in [-0.39, 0.29) is 6.42 Å². The molecule has 0 saturated heterocycles. The second-order valence-corrected chi connectivity index (χ2v) is 4.87. The van der Waals surface area contributed by atoms with E-state index in [1.54, 1.807) is 6.92 Å². The van der Waals surface area contributed by atoms with Crippen molar-refractivity contribution in [3.8, 4) is 0 Å². The van der Waals surface area contributed by atoms with Crippen LogP contribution in [0.2, 0.25) is 0 Å². The number of hydrogen-bond donors (Lipinski definition) is 1. The van der Waals surface area contributed by atoms with Crippen molar-refractivity contribution in [1.29, 1.82) is 0 Å². The van der Waals surface area contributed by atoms with E-state index in [1.165, 1.54) is 16.4 Å². The average molecular weight is 232 g/mol. The zero-order chi connectivity index (χ0) is 10.8. The third-order valence-electron chi connectivity index (χ3n) is 1.25. The summed E-state index contributed by atoms with van der Waals surface area (Å²) in [6.07, 6.45) is 1.49. The van der Waals surface area contributed by atoms with Crippen molar-refractivity contribution in [2.24, 2.45) is 0 Å². The zero-order valence-electron chi connectivity index (χ0n) is 8.53. The number of hydrogen-bond acceptors (Lipinski definition) is 3. The van der Waals surface area contributed by atoms with Gasteiger partial charge in [-0.25, -0.2) is 0 Å². The highest BCUT2D eigenvalue weighted by Gasteiger charge is 1.90. The van der Waals surface area contributed by atoms with Gasteiger partial charge in [-0.05, 0) is 23.6 Å². The molecule has 0 aliphatic rings. The third-order valence-corrected chi connectivity index (χ3v) is 3.58. The Morgan fingerprint density at radius 1 is 1.57 bits per heavy atom. The summed E-state index contributed by atoms with van der Waals surface area (Å²) < 4.78 is 1.44. The van der Waals surface area contributed by atoms with E-state index in [1.807, 2.05) is 23.1 Å². The largest absolute Gasteiger partial charge is 0.481 e. The van der Waals surface area contributed by atoms with Gasteiger partial charge in [0.05, 0.1) is 4.21 Å². The summed E-state index contributed by atoms with van der Waals surface area (Å²) in [5, 5.41) is 9.85. The molecule has 0 fully saturated rings. The van der Waals surface area contributed by atoms with Crippen LogP contribution in [-0.4, -0.2) is 16.8 Å². The molecule has 2 nitrogen and oxygen atoms in total. The van der Waals surface area contributed by atoms with Crippen LogP contribution in [0.15, 0.2) is 21.7 Å². The SMILES string of the molecule is CCC(=O)O.CCCSc1cccs1. The number of rotatable bonds is 4. The summed E-state index contributed by atoms with van der Waals surface area (Å²) >= 11 is 3.77. The third kappa shape index (κ3) is 8.13. The molecule has 0 saturated carbocycles. The minimum Gasteiger partial charge on any atom is -0.481 e. The predicted molar refractivity (Wildman–Crippen MR) is 63.3 cm³/mol. The van der Waals surface area contributed by atoms with E-state index in [9.17, 15) is 4.79 Å². The Morgan fingerprint density at radius 3 is 2.57 bits per heavy atom. The van der Waals surface area contributed by atoms with Crippen molar-refractivity contribution in [3.63, 3.8) is 0 Å². The molecule has 0 spiro atoms. The van der Waals surface area contributed by atoms with Gasteiger partial charge in [-0.1, -0.05) is 19.9 Å². The zero-order valence-corrected chi connectivity index (χ0v) is 10.2. The van der Waals surface area contributed by atoms with Crippen molar-refractivity contribution in [1.82, 2.24) is 0 Å². The Kier molecular flexibility index (Phi) is 8.78. The van der Waals surface area contributed by atoms with Crippen LogP contribution in [0.3, 0.4) is 0 Å². The lowest BCUT2D eigenvalue weighted by Crippen LogP contribution is -1.86. The average Bonchev–Trinajstić information content (AvgIpc) is 2.68. The molecule has 0 radical (unpaired) electrons. The normalized spacial score (nSPS) is 9.00. The van der Waals surface area contributed by atoms with Gasteiger partial charge in [0.25, 0.3) is 0 Å². The van der Waals surface area contributed by atoms with Gasteiger partial charge in [0.1, 0.15) is 0 Å². The van der Waals surface area contributed by atoms with E-state index >= 15 is 0 Å². The van der Waals surface area contributed by atoms with E-state index in [4.69, 9.17) is 5.11 Å². The summed E-state index contributed by atoms with van der Waals surface area (Å²) in [6.45, 7) is 3.81. The van der Waals surface area contributed by atoms with Crippen LogP contribution in [0.5, 0.6) is 0 Å². The number of carbonyl (C=O) groups is 1. The molecule has 1 rings (SSSR count). The molecule has 0 atom stereocenters. The quantitative estimate of drug-likeness (QED) is 0.804. The van der Waals surface area contributed by atoms with E-state index < -0.39 is 5.97 Å². The lowest BCUT2D eigenvalue weighted by atomic mass is 10.5. The molecule has 1 aromatic heterocycles. The van der Waals surface area contributed by atoms with Crippen LogP contribution < -0.4 is 0 Å². The highest BCUT2D eigenvalue weighted by molar-refractivity contribution is 8.01. The maximum atomic E-state index is 9.37. The first-order valence-corrected chi connectivity index (χ1v) is 6.45. The van der Waals surface area contributed by atoms with Crippen molar-refractivity contribution in [2.45, 2.75) is 30.9 Å². The molecule has 0 amide bonds. The standard InChI is InChI=1S/C7H10S2.C3H6O2/c1-2-5-8-7-4-3-6-9-7;1-2-3(4)5/h3-4,6H,2,5H2,1H3;2H2,1H3,(H,4,5). The molecule has 1 heterocycles. The minimum absolute atomic E-state index is 0.222. The van der Waals surface area contributed by atoms with Crippen LogP contribution in [-0.2, 0) is 4.79 Å². The van der Waals surface area contributed by atoms with E-state index in [0.29, 0.717) is 0 Å². The molecule has 1 aromatic rings. The maximum absolute atomic E-state index is 9.37. The van der Waals surface area contributed by atoms with Gasteiger partial charge in [0.15, 0.2) is 0 Å². The van der Waals surface area contributed by atoms with Crippen LogP contribution in [0.4, 0.5) is 0 Å². The summed E-state index contributed by atoms with van der Waals surface area (Å²) in [7, 11) is 0. The molecule has 0 bridgehead atoms. The summed E-state index contributed by atoms with van der Waals surface area (Å²) in [4.78, 5) is 9.37. The van der Waals surface area contributed by atoms with Crippen LogP contribution in [0.25, 0.3) is 0 Å². The molecule has 80 valence electrons. The maximum Gasteiger partial charge on any atom is 0.303 e. The van der Waals surface area contributed by atoms with Gasteiger partial charge in [-0.2, -0.15) is 0 Å². The van der Waals surface area contributed by atoms with E-state index in [0.717, 1.165) is 0 Å². The van der Waals surface area contributed by atoms with Gasteiger partial charge in [-0.3, -0.25) is 4.79 Å². The summed E-state index contributed by atoms with van der Waals surface area (Å²) in [6, 6.07) is 4.27. The molecule has 14 heavy (non-hydrogen) atoms. The monoisotopic (exact) mass is 232 g/mol. The molecule has 0 aromatic carbocycles. The van der Waals surface area contributed by atoms with Gasteiger partial charge >= 0.3 is 5.97 Å². The fraction of sp³-hybridized carbons (Fsp3) is 0.500. The van der Waals surface area contributed by atoms with E-state index in [2.05, 4.69) is 24.4 Å². The van der Waals surface area contributed by atoms with Gasteiger partial charge < -0.3 is 5.11 Å². The molecule has 0 unspecified atom stereocenters. The Labute approximate surface area is 93.3 Å². The van der Waals surface area contributed by atoms with Gasteiger partial charge in [0.2, 0.25) is 0 Å². The molecule has 1 N–H and O–H groups in total. The number of thioether (sulfide) groups is 1. The smallest absolute Gasteiger partial charge is 0.303 e. The fourth-order valence-corrected chi connectivity index (χ4v) is 2.27. The Bertz CT molecular complexity index is 232. The lowest BCUT2D eigenvalue weighted by molar-refractivity contribution is -0.136. The molecule has 0 aliphatic carbocycles. The summed E-state index contributed by atoms with van der Waals surface area (Å²) in [5.41, 5.74) is 0. The Hall–Kier alpha value is -0.480. The second kappa shape index (κ2) is 9.09. The number of aliphatic carboxylic acids is 1. The topological polar surface area (TPSA) is 37.3 Å². The highest BCUT2D eigenvalue weighted by Crippen LogP contribution is 2.23. The van der Waals surface area contributed by atoms with Crippen molar-refractivity contribution >= 4 is 29.1 Å². The van der Waals surface area contributed by atoms with Crippen LogP contribution >= 0.6 is 23.1 Å². The molecular weight excluding hydrogens is 216 g/mol.